The normalized spacial score (nSPS) is 19.2. The highest BCUT2D eigenvalue weighted by atomic mass is 19.2. The number of piperidine rings is 1. The van der Waals surface area contributed by atoms with E-state index in [0.29, 0.717) is 25.1 Å². The highest BCUT2D eigenvalue weighted by Crippen LogP contribution is 2.31. The number of amides is 1. The first-order valence-electron chi connectivity index (χ1n) is 8.82. The van der Waals surface area contributed by atoms with Crippen LogP contribution in [0.3, 0.4) is 0 Å². The third-order valence-electron chi connectivity index (χ3n) is 4.89. The molecule has 5 nitrogen and oxygen atoms in total. The lowest BCUT2D eigenvalue weighted by Crippen LogP contribution is -2.50. The van der Waals surface area contributed by atoms with Gasteiger partial charge in [0.25, 0.3) is 5.91 Å². The first-order chi connectivity index (χ1) is 13.4. The highest BCUT2D eigenvalue weighted by Gasteiger charge is 2.29. The SMILES string of the molecule is COc1cc(F)c(C(=O)NC2CNCCC2c2ccc(F)c(F)c2)cc1OC. The molecular weight excluding hydrogens is 373 g/mol. The van der Waals surface area contributed by atoms with E-state index in [1.807, 2.05) is 0 Å². The summed E-state index contributed by atoms with van der Waals surface area (Å²) in [6.45, 7) is 1.09. The molecule has 28 heavy (non-hydrogen) atoms. The summed E-state index contributed by atoms with van der Waals surface area (Å²) < 4.78 is 51.4. The summed E-state index contributed by atoms with van der Waals surface area (Å²) in [6, 6.07) is 5.65. The molecule has 2 atom stereocenters. The van der Waals surface area contributed by atoms with Gasteiger partial charge in [0.1, 0.15) is 5.82 Å². The summed E-state index contributed by atoms with van der Waals surface area (Å²) in [4.78, 5) is 12.7. The molecule has 1 heterocycles. The van der Waals surface area contributed by atoms with Gasteiger partial charge in [0.05, 0.1) is 19.8 Å². The van der Waals surface area contributed by atoms with E-state index < -0.39 is 29.4 Å². The van der Waals surface area contributed by atoms with Crippen LogP contribution in [-0.4, -0.2) is 39.3 Å². The van der Waals surface area contributed by atoms with Gasteiger partial charge in [-0.05, 0) is 36.7 Å². The van der Waals surface area contributed by atoms with E-state index in [1.165, 1.54) is 26.4 Å². The number of rotatable bonds is 5. The fraction of sp³-hybridized carbons (Fsp3) is 0.350. The zero-order valence-corrected chi connectivity index (χ0v) is 15.5. The van der Waals surface area contributed by atoms with Crippen LogP contribution in [0, 0.1) is 17.5 Å². The van der Waals surface area contributed by atoms with Crippen LogP contribution in [-0.2, 0) is 0 Å². The minimum Gasteiger partial charge on any atom is -0.493 e. The molecule has 2 unspecified atom stereocenters. The lowest BCUT2D eigenvalue weighted by Gasteiger charge is -2.33. The van der Waals surface area contributed by atoms with Crippen molar-refractivity contribution in [3.63, 3.8) is 0 Å². The van der Waals surface area contributed by atoms with Crippen LogP contribution in [0.1, 0.15) is 28.3 Å². The Morgan fingerprint density at radius 3 is 2.43 bits per heavy atom. The fourth-order valence-corrected chi connectivity index (χ4v) is 3.43. The molecular formula is C20H21F3N2O3. The number of nitrogens with one attached hydrogen (secondary N) is 2. The van der Waals surface area contributed by atoms with Gasteiger partial charge < -0.3 is 20.1 Å². The maximum absolute atomic E-state index is 14.4. The number of carbonyl (C=O) groups excluding carboxylic acids is 1. The maximum Gasteiger partial charge on any atom is 0.254 e. The third-order valence-corrected chi connectivity index (χ3v) is 4.89. The predicted molar refractivity (Wildman–Crippen MR) is 97.3 cm³/mol. The van der Waals surface area contributed by atoms with Crippen molar-refractivity contribution in [2.45, 2.75) is 18.4 Å². The third kappa shape index (κ3) is 4.06. The molecule has 2 aromatic carbocycles. The first kappa shape index (κ1) is 20.0. The van der Waals surface area contributed by atoms with Gasteiger partial charge in [-0.1, -0.05) is 6.07 Å². The van der Waals surface area contributed by atoms with Gasteiger partial charge in [0.15, 0.2) is 23.1 Å². The molecule has 1 fully saturated rings. The van der Waals surface area contributed by atoms with E-state index in [2.05, 4.69) is 10.6 Å². The van der Waals surface area contributed by atoms with Gasteiger partial charge in [-0.2, -0.15) is 0 Å². The molecule has 2 aromatic rings. The van der Waals surface area contributed by atoms with E-state index in [0.717, 1.165) is 18.2 Å². The largest absolute Gasteiger partial charge is 0.493 e. The van der Waals surface area contributed by atoms with Crippen LogP contribution in [0.4, 0.5) is 13.2 Å². The second-order valence-electron chi connectivity index (χ2n) is 6.54. The second kappa shape index (κ2) is 8.52. The molecule has 0 radical (unpaired) electrons. The lowest BCUT2D eigenvalue weighted by atomic mass is 9.85. The lowest BCUT2D eigenvalue weighted by molar-refractivity contribution is 0.0920. The monoisotopic (exact) mass is 394 g/mol. The van der Waals surface area contributed by atoms with Gasteiger partial charge in [-0.15, -0.1) is 0 Å². The van der Waals surface area contributed by atoms with Gasteiger partial charge in [-0.25, -0.2) is 13.2 Å². The molecule has 1 saturated heterocycles. The molecule has 3 rings (SSSR count). The molecule has 2 N–H and O–H groups in total. The van der Waals surface area contributed by atoms with Crippen LogP contribution in [0.2, 0.25) is 0 Å². The molecule has 1 aliphatic heterocycles. The molecule has 8 heteroatoms. The Bertz CT molecular complexity index is 876. The number of halogens is 3. The molecule has 0 saturated carbocycles. The van der Waals surface area contributed by atoms with Gasteiger partial charge >= 0.3 is 0 Å². The van der Waals surface area contributed by atoms with Gasteiger partial charge in [-0.3, -0.25) is 4.79 Å². The summed E-state index contributed by atoms with van der Waals surface area (Å²) in [7, 11) is 2.76. The van der Waals surface area contributed by atoms with E-state index in [1.54, 1.807) is 0 Å². The van der Waals surface area contributed by atoms with Crippen molar-refractivity contribution in [1.29, 1.82) is 0 Å². The molecule has 0 aliphatic carbocycles. The molecule has 0 bridgehead atoms. The van der Waals surface area contributed by atoms with E-state index in [4.69, 9.17) is 9.47 Å². The Labute approximate surface area is 160 Å². The zero-order valence-electron chi connectivity index (χ0n) is 15.5. The second-order valence-corrected chi connectivity index (χ2v) is 6.54. The topological polar surface area (TPSA) is 59.6 Å². The molecule has 0 spiro atoms. The number of methoxy groups -OCH3 is 2. The number of carbonyl (C=O) groups is 1. The number of hydrogen-bond acceptors (Lipinski definition) is 4. The van der Waals surface area contributed by atoms with E-state index >= 15 is 0 Å². The van der Waals surface area contributed by atoms with Crippen molar-refractivity contribution >= 4 is 5.91 Å². The van der Waals surface area contributed by atoms with Crippen LogP contribution < -0.4 is 20.1 Å². The summed E-state index contributed by atoms with van der Waals surface area (Å²) in [5.41, 5.74) is 0.394. The van der Waals surface area contributed by atoms with Crippen LogP contribution in [0.25, 0.3) is 0 Å². The summed E-state index contributed by atoms with van der Waals surface area (Å²) >= 11 is 0. The molecule has 0 aromatic heterocycles. The van der Waals surface area contributed by atoms with Crippen molar-refractivity contribution in [1.82, 2.24) is 10.6 Å². The van der Waals surface area contributed by atoms with Crippen molar-refractivity contribution in [3.8, 4) is 11.5 Å². The Morgan fingerprint density at radius 2 is 1.75 bits per heavy atom. The smallest absolute Gasteiger partial charge is 0.254 e. The minimum absolute atomic E-state index is 0.176. The summed E-state index contributed by atoms with van der Waals surface area (Å²) in [5.74, 6) is -3.06. The predicted octanol–water partition coefficient (Wildman–Crippen LogP) is 3.00. The van der Waals surface area contributed by atoms with Gasteiger partial charge in [0.2, 0.25) is 0 Å². The quantitative estimate of drug-likeness (QED) is 0.819. The summed E-state index contributed by atoms with van der Waals surface area (Å²) in [6.07, 6.45) is 0.616. The number of hydrogen-bond donors (Lipinski definition) is 2. The Morgan fingerprint density at radius 1 is 1.04 bits per heavy atom. The van der Waals surface area contributed by atoms with Crippen LogP contribution in [0.15, 0.2) is 30.3 Å². The average Bonchev–Trinajstić information content (AvgIpc) is 2.70. The zero-order chi connectivity index (χ0) is 20.3. The molecule has 1 aliphatic rings. The number of benzene rings is 2. The first-order valence-corrected chi connectivity index (χ1v) is 8.82. The fourth-order valence-electron chi connectivity index (χ4n) is 3.43. The molecule has 150 valence electrons. The van der Waals surface area contributed by atoms with Crippen LogP contribution >= 0.6 is 0 Å². The van der Waals surface area contributed by atoms with E-state index in [-0.39, 0.29) is 23.0 Å². The van der Waals surface area contributed by atoms with Crippen molar-refractivity contribution < 1.29 is 27.4 Å². The average molecular weight is 394 g/mol. The van der Waals surface area contributed by atoms with Crippen LogP contribution in [0.5, 0.6) is 11.5 Å². The molecule has 1 amide bonds. The van der Waals surface area contributed by atoms with Gasteiger partial charge in [0, 0.05) is 24.6 Å². The van der Waals surface area contributed by atoms with Crippen molar-refractivity contribution in [2.75, 3.05) is 27.3 Å². The Kier molecular flexibility index (Phi) is 6.08. The Hall–Kier alpha value is -2.74. The minimum atomic E-state index is -0.938. The summed E-state index contributed by atoms with van der Waals surface area (Å²) in [5, 5.41) is 5.95. The Balaban J connectivity index is 1.84. The van der Waals surface area contributed by atoms with Crippen molar-refractivity contribution in [3.05, 3.63) is 58.9 Å². The van der Waals surface area contributed by atoms with E-state index in [9.17, 15) is 18.0 Å². The standard InChI is InChI=1S/C20H21F3N2O3/c1-27-18-8-13(15(22)9-19(18)28-2)20(26)25-17-10-24-6-5-12(17)11-3-4-14(21)16(23)7-11/h3-4,7-9,12,17,24H,5-6,10H2,1-2H3,(H,25,26). The van der Waals surface area contributed by atoms with Crippen molar-refractivity contribution in [2.24, 2.45) is 0 Å². The highest BCUT2D eigenvalue weighted by molar-refractivity contribution is 5.95. The maximum atomic E-state index is 14.4. The number of ether oxygens (including phenoxy) is 2.